The molecule has 1 aromatic heterocycles. The van der Waals surface area contributed by atoms with Crippen LogP contribution in [0.15, 0.2) is 45.7 Å². The Balaban J connectivity index is 1.72. The van der Waals surface area contributed by atoms with Crippen LogP contribution < -0.4 is 0 Å². The van der Waals surface area contributed by atoms with Crippen molar-refractivity contribution in [1.29, 1.82) is 0 Å². The summed E-state index contributed by atoms with van der Waals surface area (Å²) in [6, 6.07) is 10.3. The van der Waals surface area contributed by atoms with E-state index in [9.17, 15) is 5.11 Å². The molecule has 1 aliphatic rings. The fourth-order valence-corrected chi connectivity index (χ4v) is 3.02. The minimum absolute atomic E-state index is 0.457. The highest BCUT2D eigenvalue weighted by molar-refractivity contribution is 9.10. The van der Waals surface area contributed by atoms with Crippen LogP contribution in [0.4, 0.5) is 0 Å². The fraction of sp³-hybridized carbons (Fsp3) is 0.286. The van der Waals surface area contributed by atoms with Crippen LogP contribution in [0, 0.1) is 0 Å². The molecule has 88 valence electrons. The van der Waals surface area contributed by atoms with Crippen LogP contribution in [0.25, 0.3) is 0 Å². The maximum Gasteiger partial charge on any atom is 0.174 e. The summed E-state index contributed by atoms with van der Waals surface area (Å²) < 4.78 is 5.78. The Morgan fingerprint density at radius 1 is 1.35 bits per heavy atom. The summed E-state index contributed by atoms with van der Waals surface area (Å²) in [6.07, 6.45) is 2.97. The van der Waals surface area contributed by atoms with E-state index in [2.05, 4.69) is 40.2 Å². The molecule has 2 atom stereocenters. The average molecular weight is 293 g/mol. The van der Waals surface area contributed by atoms with E-state index in [1.807, 2.05) is 6.07 Å². The van der Waals surface area contributed by atoms with E-state index in [1.165, 1.54) is 11.1 Å². The van der Waals surface area contributed by atoms with Gasteiger partial charge >= 0.3 is 0 Å². The van der Waals surface area contributed by atoms with Crippen LogP contribution in [-0.4, -0.2) is 5.11 Å². The first-order valence-electron chi connectivity index (χ1n) is 5.74. The highest BCUT2D eigenvalue weighted by atomic mass is 79.9. The number of aliphatic hydroxyl groups is 1. The maximum absolute atomic E-state index is 10.2. The quantitative estimate of drug-likeness (QED) is 0.933. The molecule has 2 nitrogen and oxygen atoms in total. The topological polar surface area (TPSA) is 33.4 Å². The molecule has 1 aromatic carbocycles. The molecular weight excluding hydrogens is 280 g/mol. The van der Waals surface area contributed by atoms with Crippen molar-refractivity contribution < 1.29 is 9.52 Å². The van der Waals surface area contributed by atoms with E-state index in [1.54, 1.807) is 6.26 Å². The third-order valence-corrected chi connectivity index (χ3v) is 4.12. The molecule has 0 fully saturated rings. The second-order valence-corrected chi connectivity index (χ2v) is 5.22. The Kier molecular flexibility index (Phi) is 2.81. The van der Waals surface area contributed by atoms with Gasteiger partial charge in [0, 0.05) is 5.56 Å². The highest BCUT2D eigenvalue weighted by Gasteiger charge is 2.28. The minimum atomic E-state index is -0.457. The third-order valence-electron chi connectivity index (χ3n) is 3.47. The van der Waals surface area contributed by atoms with Crippen molar-refractivity contribution in [3.63, 3.8) is 0 Å². The lowest BCUT2D eigenvalue weighted by atomic mass is 9.74. The van der Waals surface area contributed by atoms with Crippen molar-refractivity contribution in [2.45, 2.75) is 24.9 Å². The van der Waals surface area contributed by atoms with Gasteiger partial charge in [0.05, 0.1) is 12.4 Å². The number of halogens is 1. The Labute approximate surface area is 108 Å². The maximum atomic E-state index is 10.2. The van der Waals surface area contributed by atoms with Crippen molar-refractivity contribution in [2.24, 2.45) is 0 Å². The van der Waals surface area contributed by atoms with Gasteiger partial charge < -0.3 is 9.52 Å². The molecule has 1 heterocycles. The van der Waals surface area contributed by atoms with Gasteiger partial charge in [0.1, 0.15) is 0 Å². The van der Waals surface area contributed by atoms with Crippen molar-refractivity contribution in [2.75, 3.05) is 0 Å². The number of fused-ring (bicyclic) bond motifs is 1. The summed E-state index contributed by atoms with van der Waals surface area (Å²) in [6.45, 7) is 0. The summed E-state index contributed by atoms with van der Waals surface area (Å²) in [5, 5.41) is 10.2. The zero-order valence-electron chi connectivity index (χ0n) is 9.27. The number of hydrogen-bond donors (Lipinski definition) is 1. The Morgan fingerprint density at radius 2 is 2.18 bits per heavy atom. The van der Waals surface area contributed by atoms with Gasteiger partial charge in [-0.1, -0.05) is 24.3 Å². The lowest BCUT2D eigenvalue weighted by Gasteiger charge is -2.31. The van der Waals surface area contributed by atoms with Gasteiger partial charge in [-0.25, -0.2) is 0 Å². The lowest BCUT2D eigenvalue weighted by Crippen LogP contribution is -2.19. The summed E-state index contributed by atoms with van der Waals surface area (Å²) in [5.41, 5.74) is 3.64. The van der Waals surface area contributed by atoms with Crippen LogP contribution in [0.3, 0.4) is 0 Å². The van der Waals surface area contributed by atoms with E-state index in [0.29, 0.717) is 10.6 Å². The Bertz CT molecular complexity index is 533. The molecule has 0 saturated carbocycles. The molecule has 0 spiro atoms. The second-order valence-electron chi connectivity index (χ2n) is 4.50. The number of aliphatic hydroxyl groups excluding tert-OH is 1. The summed E-state index contributed by atoms with van der Waals surface area (Å²) in [4.78, 5) is 0. The van der Waals surface area contributed by atoms with Crippen molar-refractivity contribution >= 4 is 15.9 Å². The number of benzene rings is 1. The average Bonchev–Trinajstić information content (AvgIpc) is 2.72. The molecule has 2 unspecified atom stereocenters. The molecule has 3 rings (SSSR count). The molecule has 1 aliphatic carbocycles. The van der Waals surface area contributed by atoms with E-state index in [-0.39, 0.29) is 0 Å². The van der Waals surface area contributed by atoms with Crippen LogP contribution in [0.1, 0.15) is 35.1 Å². The Morgan fingerprint density at radius 3 is 2.88 bits per heavy atom. The van der Waals surface area contributed by atoms with E-state index >= 15 is 0 Å². The molecule has 0 bridgehead atoms. The van der Waals surface area contributed by atoms with Crippen molar-refractivity contribution in [3.8, 4) is 0 Å². The Hall–Kier alpha value is -1.06. The number of hydrogen-bond acceptors (Lipinski definition) is 2. The second kappa shape index (κ2) is 4.31. The van der Waals surface area contributed by atoms with Crippen LogP contribution >= 0.6 is 15.9 Å². The van der Waals surface area contributed by atoms with E-state index in [4.69, 9.17) is 4.42 Å². The van der Waals surface area contributed by atoms with Gasteiger partial charge in [-0.2, -0.15) is 0 Å². The SMILES string of the molecule is OC(CC1Cc2ccccc21)c1ccoc1Br. The van der Waals surface area contributed by atoms with Crippen LogP contribution in [0.2, 0.25) is 0 Å². The largest absolute Gasteiger partial charge is 0.457 e. The molecule has 17 heavy (non-hydrogen) atoms. The fourth-order valence-electron chi connectivity index (χ4n) is 2.51. The zero-order chi connectivity index (χ0) is 11.8. The highest BCUT2D eigenvalue weighted by Crippen LogP contribution is 2.41. The smallest absolute Gasteiger partial charge is 0.174 e. The van der Waals surface area contributed by atoms with Gasteiger partial charge in [0.25, 0.3) is 0 Å². The van der Waals surface area contributed by atoms with Crippen molar-refractivity contribution in [1.82, 2.24) is 0 Å². The first-order valence-corrected chi connectivity index (χ1v) is 6.54. The van der Waals surface area contributed by atoms with Gasteiger partial charge in [0.2, 0.25) is 0 Å². The monoisotopic (exact) mass is 292 g/mol. The summed E-state index contributed by atoms with van der Waals surface area (Å²) >= 11 is 3.30. The van der Waals surface area contributed by atoms with Gasteiger partial charge in [-0.3, -0.25) is 0 Å². The number of rotatable bonds is 3. The first-order chi connectivity index (χ1) is 8.25. The molecule has 0 radical (unpaired) electrons. The first kappa shape index (κ1) is 11.1. The number of furan rings is 1. The van der Waals surface area contributed by atoms with E-state index < -0.39 is 6.10 Å². The predicted octanol–water partition coefficient (Wildman–Crippen LogP) is 3.81. The van der Waals surface area contributed by atoms with Gasteiger partial charge in [-0.05, 0) is 51.9 Å². The normalized spacial score (nSPS) is 19.5. The minimum Gasteiger partial charge on any atom is -0.457 e. The zero-order valence-corrected chi connectivity index (χ0v) is 10.9. The molecule has 0 aliphatic heterocycles. The van der Waals surface area contributed by atoms with Crippen LogP contribution in [0.5, 0.6) is 0 Å². The van der Waals surface area contributed by atoms with Gasteiger partial charge in [-0.15, -0.1) is 0 Å². The molecular formula is C14H13BrO2. The van der Waals surface area contributed by atoms with Crippen molar-refractivity contribution in [3.05, 3.63) is 58.0 Å². The lowest BCUT2D eigenvalue weighted by molar-refractivity contribution is 0.152. The summed E-state index contributed by atoms with van der Waals surface area (Å²) in [5.74, 6) is 0.475. The standard InChI is InChI=1S/C14H13BrO2/c15-14-12(5-6-17-14)13(16)8-10-7-9-3-1-2-4-11(9)10/h1-6,10,13,16H,7-8H2. The van der Waals surface area contributed by atoms with E-state index in [0.717, 1.165) is 18.4 Å². The van der Waals surface area contributed by atoms with Gasteiger partial charge in [0.15, 0.2) is 4.67 Å². The molecule has 1 N–H and O–H groups in total. The predicted molar refractivity (Wildman–Crippen MR) is 68.9 cm³/mol. The molecule has 0 amide bonds. The molecule has 3 heteroatoms. The van der Waals surface area contributed by atoms with Crippen LogP contribution in [-0.2, 0) is 6.42 Å². The molecule has 0 saturated heterocycles. The third kappa shape index (κ3) is 1.94. The molecule has 2 aromatic rings. The summed E-state index contributed by atoms with van der Waals surface area (Å²) in [7, 11) is 0.